The molecule has 0 bridgehead atoms. The number of carbonyl (C=O) groups is 1. The Morgan fingerprint density at radius 1 is 1.57 bits per heavy atom. The number of rotatable bonds is 0. The van der Waals surface area contributed by atoms with Crippen molar-refractivity contribution in [2.24, 2.45) is 5.73 Å². The third-order valence-electron chi connectivity index (χ3n) is 1.95. The molecule has 1 aliphatic heterocycles. The summed E-state index contributed by atoms with van der Waals surface area (Å²) in [5.41, 5.74) is 6.20. The Morgan fingerprint density at radius 2 is 2.36 bits per heavy atom. The molecule has 0 aliphatic carbocycles. The first kappa shape index (κ1) is 9.48. The Morgan fingerprint density at radius 3 is 3.14 bits per heavy atom. The Labute approximate surface area is 89.6 Å². The number of benzene rings is 1. The van der Waals surface area contributed by atoms with Crippen molar-refractivity contribution in [1.29, 1.82) is 0 Å². The van der Waals surface area contributed by atoms with Crippen LogP contribution in [0.4, 0.5) is 5.69 Å². The minimum Gasteiger partial charge on any atom is -0.489 e. The summed E-state index contributed by atoms with van der Waals surface area (Å²) in [7, 11) is 0. The summed E-state index contributed by atoms with van der Waals surface area (Å²) < 4.78 is 6.24. The molecule has 1 atom stereocenters. The molecule has 0 radical (unpaired) electrons. The van der Waals surface area contributed by atoms with Crippen molar-refractivity contribution >= 4 is 27.5 Å². The van der Waals surface area contributed by atoms with E-state index < -0.39 is 6.04 Å². The lowest BCUT2D eigenvalue weighted by Crippen LogP contribution is -2.38. The molecule has 1 amide bonds. The maximum atomic E-state index is 11.4. The number of hydrogen-bond donors (Lipinski definition) is 2. The van der Waals surface area contributed by atoms with Crippen LogP contribution < -0.4 is 15.8 Å². The van der Waals surface area contributed by atoms with Crippen LogP contribution in [0.3, 0.4) is 0 Å². The van der Waals surface area contributed by atoms with Crippen molar-refractivity contribution in [3.63, 3.8) is 0 Å². The summed E-state index contributed by atoms with van der Waals surface area (Å²) >= 11 is 3.31. The minimum atomic E-state index is -0.610. The first-order chi connectivity index (χ1) is 6.66. The number of fused-ring (bicyclic) bond motifs is 1. The van der Waals surface area contributed by atoms with Crippen molar-refractivity contribution in [3.8, 4) is 5.75 Å². The third kappa shape index (κ3) is 1.73. The van der Waals surface area contributed by atoms with Gasteiger partial charge in [-0.25, -0.2) is 0 Å². The fourth-order valence-corrected chi connectivity index (χ4v) is 1.57. The van der Waals surface area contributed by atoms with Gasteiger partial charge in [0.05, 0.1) is 5.69 Å². The molecule has 74 valence electrons. The molecule has 0 fully saturated rings. The highest BCUT2D eigenvalue weighted by Crippen LogP contribution is 2.29. The lowest BCUT2D eigenvalue weighted by atomic mass is 10.3. The normalized spacial score (nSPS) is 20.4. The number of nitrogens with two attached hydrogens (primary N) is 1. The number of halogens is 1. The average molecular weight is 257 g/mol. The van der Waals surface area contributed by atoms with Gasteiger partial charge in [0.1, 0.15) is 18.4 Å². The summed E-state index contributed by atoms with van der Waals surface area (Å²) in [6.45, 7) is 0.209. The van der Waals surface area contributed by atoms with Crippen LogP contribution in [-0.2, 0) is 4.79 Å². The smallest absolute Gasteiger partial charge is 0.244 e. The van der Waals surface area contributed by atoms with Crippen molar-refractivity contribution in [2.45, 2.75) is 6.04 Å². The van der Waals surface area contributed by atoms with Gasteiger partial charge < -0.3 is 15.8 Å². The number of ether oxygens (including phenoxy) is 1. The van der Waals surface area contributed by atoms with Gasteiger partial charge in [0.25, 0.3) is 0 Å². The zero-order chi connectivity index (χ0) is 10.1. The molecule has 0 saturated carbocycles. The Bertz CT molecular complexity index is 381. The van der Waals surface area contributed by atoms with Crippen LogP contribution in [0.15, 0.2) is 22.7 Å². The predicted molar refractivity (Wildman–Crippen MR) is 56.2 cm³/mol. The van der Waals surface area contributed by atoms with E-state index in [1.54, 1.807) is 12.1 Å². The van der Waals surface area contributed by atoms with Gasteiger partial charge >= 0.3 is 0 Å². The van der Waals surface area contributed by atoms with Crippen LogP contribution in [0, 0.1) is 0 Å². The average Bonchev–Trinajstić information content (AvgIpc) is 2.27. The Balaban J connectivity index is 2.38. The summed E-state index contributed by atoms with van der Waals surface area (Å²) in [6.07, 6.45) is 0. The number of amides is 1. The topological polar surface area (TPSA) is 64.3 Å². The molecule has 3 N–H and O–H groups in total. The van der Waals surface area contributed by atoms with E-state index in [-0.39, 0.29) is 12.5 Å². The molecule has 1 unspecified atom stereocenters. The van der Waals surface area contributed by atoms with E-state index in [2.05, 4.69) is 21.2 Å². The fraction of sp³-hybridized carbons (Fsp3) is 0.222. The molecule has 0 saturated heterocycles. The molecule has 1 aromatic rings. The van der Waals surface area contributed by atoms with E-state index in [1.165, 1.54) is 0 Å². The zero-order valence-corrected chi connectivity index (χ0v) is 8.87. The standard InChI is InChI=1S/C9H9BrN2O2/c10-5-1-2-8-7(3-5)12-9(13)6(11)4-14-8/h1-3,6H,4,11H2,(H,12,13). The van der Waals surface area contributed by atoms with Crippen LogP contribution in [0.1, 0.15) is 0 Å². The number of nitrogens with one attached hydrogen (secondary N) is 1. The van der Waals surface area contributed by atoms with Gasteiger partial charge in [-0.05, 0) is 18.2 Å². The highest BCUT2D eigenvalue weighted by atomic mass is 79.9. The second kappa shape index (κ2) is 3.59. The molecule has 0 aromatic heterocycles. The van der Waals surface area contributed by atoms with Crippen molar-refractivity contribution in [3.05, 3.63) is 22.7 Å². The summed E-state index contributed by atoms with van der Waals surface area (Å²) in [5, 5.41) is 2.69. The quantitative estimate of drug-likeness (QED) is 0.731. The van der Waals surface area contributed by atoms with E-state index >= 15 is 0 Å². The second-order valence-corrected chi connectivity index (χ2v) is 3.96. The summed E-state index contributed by atoms with van der Waals surface area (Å²) in [6, 6.07) is 4.81. The second-order valence-electron chi connectivity index (χ2n) is 3.05. The molecule has 2 rings (SSSR count). The largest absolute Gasteiger partial charge is 0.489 e. The molecule has 1 aliphatic rings. The van der Waals surface area contributed by atoms with Gasteiger partial charge in [-0.3, -0.25) is 4.79 Å². The highest BCUT2D eigenvalue weighted by Gasteiger charge is 2.20. The van der Waals surface area contributed by atoms with Crippen LogP contribution in [-0.4, -0.2) is 18.6 Å². The number of carbonyl (C=O) groups excluding carboxylic acids is 1. The van der Waals surface area contributed by atoms with Crippen molar-refractivity contribution < 1.29 is 9.53 Å². The van der Waals surface area contributed by atoms with E-state index in [9.17, 15) is 4.79 Å². The molecule has 1 aromatic carbocycles. The van der Waals surface area contributed by atoms with Crippen LogP contribution >= 0.6 is 15.9 Å². The molecule has 5 heteroatoms. The van der Waals surface area contributed by atoms with Crippen LogP contribution in [0.25, 0.3) is 0 Å². The number of anilines is 1. The minimum absolute atomic E-state index is 0.209. The molecule has 0 spiro atoms. The Hall–Kier alpha value is -1.07. The lowest BCUT2D eigenvalue weighted by molar-refractivity contribution is -0.117. The van der Waals surface area contributed by atoms with Crippen molar-refractivity contribution in [1.82, 2.24) is 0 Å². The molecule has 4 nitrogen and oxygen atoms in total. The van der Waals surface area contributed by atoms with E-state index in [4.69, 9.17) is 10.5 Å². The SMILES string of the molecule is NC1COc2ccc(Br)cc2NC1=O. The first-order valence-electron chi connectivity index (χ1n) is 4.15. The van der Waals surface area contributed by atoms with Crippen molar-refractivity contribution in [2.75, 3.05) is 11.9 Å². The number of hydrogen-bond acceptors (Lipinski definition) is 3. The maximum Gasteiger partial charge on any atom is 0.244 e. The van der Waals surface area contributed by atoms with Gasteiger partial charge in [-0.15, -0.1) is 0 Å². The predicted octanol–water partition coefficient (Wildman–Crippen LogP) is 1.11. The van der Waals surface area contributed by atoms with Gasteiger partial charge in [0.2, 0.25) is 5.91 Å². The molecule has 14 heavy (non-hydrogen) atoms. The zero-order valence-electron chi connectivity index (χ0n) is 7.29. The fourth-order valence-electron chi connectivity index (χ4n) is 1.21. The molecular formula is C9H9BrN2O2. The maximum absolute atomic E-state index is 11.4. The summed E-state index contributed by atoms with van der Waals surface area (Å²) in [5.74, 6) is 0.427. The van der Waals surface area contributed by atoms with Gasteiger partial charge in [0.15, 0.2) is 0 Å². The van der Waals surface area contributed by atoms with Gasteiger partial charge in [-0.1, -0.05) is 15.9 Å². The first-order valence-corrected chi connectivity index (χ1v) is 4.95. The molecule has 1 heterocycles. The Kier molecular flexibility index (Phi) is 2.43. The van der Waals surface area contributed by atoms with Crippen LogP contribution in [0.5, 0.6) is 5.75 Å². The van der Waals surface area contributed by atoms with Gasteiger partial charge in [0, 0.05) is 4.47 Å². The van der Waals surface area contributed by atoms with E-state index in [0.29, 0.717) is 11.4 Å². The third-order valence-corrected chi connectivity index (χ3v) is 2.45. The van der Waals surface area contributed by atoms with E-state index in [0.717, 1.165) is 4.47 Å². The van der Waals surface area contributed by atoms with E-state index in [1.807, 2.05) is 6.07 Å². The van der Waals surface area contributed by atoms with Gasteiger partial charge in [-0.2, -0.15) is 0 Å². The van der Waals surface area contributed by atoms with Crippen LogP contribution in [0.2, 0.25) is 0 Å². The lowest BCUT2D eigenvalue weighted by Gasteiger charge is -2.06. The monoisotopic (exact) mass is 256 g/mol. The summed E-state index contributed by atoms with van der Waals surface area (Å²) in [4.78, 5) is 11.4. The highest BCUT2D eigenvalue weighted by molar-refractivity contribution is 9.10. The molecular weight excluding hydrogens is 248 g/mol.